The third-order valence-electron chi connectivity index (χ3n) is 8.13. The second-order valence-electron chi connectivity index (χ2n) is 11.2. The summed E-state index contributed by atoms with van der Waals surface area (Å²) in [5.74, 6) is -0.209. The van der Waals surface area contributed by atoms with E-state index in [4.69, 9.17) is 19.4 Å². The molecular weight excluding hydrogens is 564 g/mol. The van der Waals surface area contributed by atoms with E-state index in [-0.39, 0.29) is 25.4 Å². The van der Waals surface area contributed by atoms with Crippen LogP contribution in [0.2, 0.25) is 0 Å². The van der Waals surface area contributed by atoms with Crippen LogP contribution in [0.4, 0.5) is 4.79 Å². The standard InChI is InChI=1S/C32H38N6O6/c1-20-26(43-3)12-11-23-27(20)35-28(21-13-15-33-16-14-21)36-30(23)44-22-18-25-29(39)34-24(31(40)41)10-8-6-4-5-7-9-17-37(2)32(42)38(25)19-22/h4,6,11-16,22,24-25H,5,7-10,17-19H2,1-3H3,(H,34,39)(H,40,41). The highest BCUT2D eigenvalue weighted by molar-refractivity contribution is 5.91. The van der Waals surface area contributed by atoms with Crippen molar-refractivity contribution in [2.45, 2.75) is 63.6 Å². The van der Waals surface area contributed by atoms with Gasteiger partial charge in [-0.3, -0.25) is 9.78 Å². The highest BCUT2D eigenvalue weighted by Gasteiger charge is 2.43. The monoisotopic (exact) mass is 602 g/mol. The number of benzene rings is 1. The number of carbonyl (C=O) groups is 3. The van der Waals surface area contributed by atoms with Crippen molar-refractivity contribution in [1.82, 2.24) is 30.1 Å². The Bertz CT molecular complexity index is 1550. The molecule has 0 bridgehead atoms. The molecule has 5 rings (SSSR count). The number of hydrogen-bond acceptors (Lipinski definition) is 8. The van der Waals surface area contributed by atoms with E-state index in [0.717, 1.165) is 30.4 Å². The Morgan fingerprint density at radius 1 is 1.07 bits per heavy atom. The van der Waals surface area contributed by atoms with Gasteiger partial charge in [0.15, 0.2) is 5.82 Å². The van der Waals surface area contributed by atoms with Gasteiger partial charge in [-0.25, -0.2) is 14.6 Å². The fourth-order valence-electron chi connectivity index (χ4n) is 5.68. The first-order valence-electron chi connectivity index (χ1n) is 14.9. The molecule has 3 amide bonds. The molecule has 1 fully saturated rings. The van der Waals surface area contributed by atoms with Crippen LogP contribution in [-0.2, 0) is 9.59 Å². The van der Waals surface area contributed by atoms with Gasteiger partial charge in [0.05, 0.1) is 24.6 Å². The minimum Gasteiger partial charge on any atom is -0.496 e. The van der Waals surface area contributed by atoms with E-state index in [9.17, 15) is 19.5 Å². The molecule has 0 radical (unpaired) electrons. The Kier molecular flexibility index (Phi) is 9.56. The van der Waals surface area contributed by atoms with Crippen molar-refractivity contribution in [1.29, 1.82) is 0 Å². The molecule has 0 aliphatic carbocycles. The molecule has 44 heavy (non-hydrogen) atoms. The zero-order chi connectivity index (χ0) is 31.2. The number of pyridine rings is 1. The van der Waals surface area contributed by atoms with E-state index in [1.54, 1.807) is 43.6 Å². The van der Waals surface area contributed by atoms with Crippen LogP contribution in [-0.4, -0.2) is 93.2 Å². The van der Waals surface area contributed by atoms with Crippen molar-refractivity contribution in [3.63, 3.8) is 0 Å². The SMILES string of the molecule is COc1ccc2c(OC3CC4C(=O)NC(C(=O)O)CCC=CCCCCN(C)C(=O)N4C3)nc(-c3ccncc3)nc2c1C. The third-order valence-corrected chi connectivity index (χ3v) is 8.13. The van der Waals surface area contributed by atoms with Crippen LogP contribution in [0, 0.1) is 6.92 Å². The van der Waals surface area contributed by atoms with Gasteiger partial charge < -0.3 is 29.7 Å². The molecule has 0 spiro atoms. The molecule has 2 aromatic heterocycles. The molecule has 12 nitrogen and oxygen atoms in total. The van der Waals surface area contributed by atoms with E-state index >= 15 is 0 Å². The number of amides is 3. The average Bonchev–Trinajstić information content (AvgIpc) is 3.45. The molecule has 2 aliphatic heterocycles. The number of aryl methyl sites for hydroxylation is 1. The summed E-state index contributed by atoms with van der Waals surface area (Å²) in [6.45, 7) is 2.58. The van der Waals surface area contributed by atoms with Gasteiger partial charge in [0, 0.05) is 43.5 Å². The first-order chi connectivity index (χ1) is 21.3. The van der Waals surface area contributed by atoms with Crippen LogP contribution in [0.25, 0.3) is 22.3 Å². The van der Waals surface area contributed by atoms with Crippen molar-refractivity contribution in [3.05, 3.63) is 54.4 Å². The molecule has 1 aromatic carbocycles. The van der Waals surface area contributed by atoms with Crippen molar-refractivity contribution in [2.24, 2.45) is 0 Å². The van der Waals surface area contributed by atoms with Gasteiger partial charge in [0.2, 0.25) is 11.8 Å². The lowest BCUT2D eigenvalue weighted by molar-refractivity contribution is -0.142. The molecule has 12 heteroatoms. The molecule has 4 heterocycles. The van der Waals surface area contributed by atoms with E-state index < -0.39 is 30.1 Å². The van der Waals surface area contributed by atoms with Gasteiger partial charge in [0.25, 0.3) is 0 Å². The molecule has 0 saturated carbocycles. The second-order valence-corrected chi connectivity index (χ2v) is 11.2. The van der Waals surface area contributed by atoms with E-state index in [1.165, 1.54) is 4.90 Å². The Morgan fingerprint density at radius 2 is 1.84 bits per heavy atom. The summed E-state index contributed by atoms with van der Waals surface area (Å²) >= 11 is 0. The van der Waals surface area contributed by atoms with E-state index in [2.05, 4.69) is 10.3 Å². The van der Waals surface area contributed by atoms with Crippen molar-refractivity contribution < 1.29 is 29.0 Å². The summed E-state index contributed by atoms with van der Waals surface area (Å²) in [5.41, 5.74) is 2.22. The predicted octanol–water partition coefficient (Wildman–Crippen LogP) is 3.97. The lowest BCUT2D eigenvalue weighted by Gasteiger charge is -2.29. The quantitative estimate of drug-likeness (QED) is 0.414. The topological polar surface area (TPSA) is 147 Å². The molecule has 3 unspecified atom stereocenters. The van der Waals surface area contributed by atoms with Crippen molar-refractivity contribution in [2.75, 3.05) is 27.2 Å². The van der Waals surface area contributed by atoms with Crippen molar-refractivity contribution >= 4 is 28.8 Å². The summed E-state index contributed by atoms with van der Waals surface area (Å²) in [6.07, 6.45) is 10.2. The Hall–Kier alpha value is -4.74. The van der Waals surface area contributed by atoms with Crippen LogP contribution in [0.5, 0.6) is 11.6 Å². The number of aliphatic carboxylic acids is 1. The smallest absolute Gasteiger partial charge is 0.326 e. The maximum absolute atomic E-state index is 13.6. The van der Waals surface area contributed by atoms with Crippen LogP contribution in [0.1, 0.15) is 44.1 Å². The number of carbonyl (C=O) groups excluding carboxylic acids is 2. The fourth-order valence-corrected chi connectivity index (χ4v) is 5.68. The largest absolute Gasteiger partial charge is 0.496 e. The predicted molar refractivity (Wildman–Crippen MR) is 163 cm³/mol. The maximum Gasteiger partial charge on any atom is 0.326 e. The number of hydrogen-bond donors (Lipinski definition) is 2. The molecule has 1 saturated heterocycles. The highest BCUT2D eigenvalue weighted by atomic mass is 16.5. The van der Waals surface area contributed by atoms with Gasteiger partial charge in [-0.05, 0) is 63.3 Å². The number of rotatable bonds is 5. The molecule has 232 valence electrons. The average molecular weight is 603 g/mol. The number of nitrogens with zero attached hydrogens (tertiary/aromatic N) is 5. The number of carboxylic acid groups (broad SMARTS) is 1. The summed E-state index contributed by atoms with van der Waals surface area (Å²) in [5, 5.41) is 13.1. The van der Waals surface area contributed by atoms with Crippen LogP contribution in [0.15, 0.2) is 48.8 Å². The number of nitrogens with one attached hydrogen (secondary N) is 1. The zero-order valence-corrected chi connectivity index (χ0v) is 25.2. The number of carboxylic acids is 1. The van der Waals surface area contributed by atoms with Gasteiger partial charge in [-0.2, -0.15) is 4.98 Å². The third kappa shape index (κ3) is 6.74. The number of fused-ring (bicyclic) bond motifs is 2. The van der Waals surface area contributed by atoms with Gasteiger partial charge in [-0.15, -0.1) is 0 Å². The normalized spacial score (nSPS) is 21.8. The van der Waals surface area contributed by atoms with E-state index in [0.29, 0.717) is 41.3 Å². The number of ether oxygens (including phenoxy) is 2. The Morgan fingerprint density at radius 3 is 2.59 bits per heavy atom. The zero-order valence-electron chi connectivity index (χ0n) is 25.2. The maximum atomic E-state index is 13.6. The van der Waals surface area contributed by atoms with Gasteiger partial charge in [0.1, 0.15) is 23.9 Å². The summed E-state index contributed by atoms with van der Waals surface area (Å²) in [6, 6.07) is 4.98. The lowest BCUT2D eigenvalue weighted by Crippen LogP contribution is -2.53. The van der Waals surface area contributed by atoms with Crippen LogP contribution < -0.4 is 14.8 Å². The van der Waals surface area contributed by atoms with Crippen LogP contribution >= 0.6 is 0 Å². The summed E-state index contributed by atoms with van der Waals surface area (Å²) in [7, 11) is 3.31. The number of aromatic nitrogens is 3. The molecule has 2 N–H and O–H groups in total. The molecule has 3 atom stereocenters. The molecule has 2 aliphatic rings. The van der Waals surface area contributed by atoms with E-state index in [1.807, 2.05) is 31.2 Å². The minimum atomic E-state index is -1.11. The first kappa shape index (κ1) is 30.7. The second kappa shape index (κ2) is 13.7. The highest BCUT2D eigenvalue weighted by Crippen LogP contribution is 2.34. The molecular formula is C32H38N6O6. The first-order valence-corrected chi connectivity index (χ1v) is 14.9. The van der Waals surface area contributed by atoms with Crippen molar-refractivity contribution in [3.8, 4) is 23.0 Å². The Balaban J connectivity index is 1.48. The van der Waals surface area contributed by atoms with Gasteiger partial charge >= 0.3 is 12.0 Å². The minimum absolute atomic E-state index is 0.131. The summed E-state index contributed by atoms with van der Waals surface area (Å²) < 4.78 is 12.0. The molecule has 3 aromatic rings. The Labute approximate surface area is 256 Å². The number of allylic oxidation sites excluding steroid dienone is 2. The summed E-state index contributed by atoms with van der Waals surface area (Å²) in [4.78, 5) is 55.9. The number of methoxy groups -OCH3 is 1. The fraction of sp³-hybridized carbons (Fsp3) is 0.438. The van der Waals surface area contributed by atoms with Crippen LogP contribution in [0.3, 0.4) is 0 Å². The van der Waals surface area contributed by atoms with Gasteiger partial charge in [-0.1, -0.05) is 12.2 Å². The number of urea groups is 1. The lowest BCUT2D eigenvalue weighted by atomic mass is 10.1.